The average Bonchev–Trinajstić information content (AvgIpc) is 2.25. The van der Waals surface area contributed by atoms with Crippen LogP contribution in [-0.4, -0.2) is 34.6 Å². The van der Waals surface area contributed by atoms with Crippen LogP contribution in [0, 0.1) is 0 Å². The zero-order valence-corrected chi connectivity index (χ0v) is 14.0. The number of hydrogen-bond donors (Lipinski definition) is 0. The average molecular weight is 318 g/mol. The van der Waals surface area contributed by atoms with E-state index in [1.165, 1.54) is 0 Å². The normalized spacial score (nSPS) is 13.4. The van der Waals surface area contributed by atoms with Gasteiger partial charge in [0.05, 0.1) is 17.3 Å². The Morgan fingerprint density at radius 1 is 0.900 bits per heavy atom. The Bertz CT molecular complexity index is 648. The minimum absolute atomic E-state index is 0.0215. The van der Waals surface area contributed by atoms with E-state index in [0.717, 1.165) is 11.8 Å². The van der Waals surface area contributed by atoms with E-state index in [1.54, 1.807) is 12.1 Å². The summed E-state index contributed by atoms with van der Waals surface area (Å²) in [5.74, 6) is -0.769. The first-order valence-corrected chi connectivity index (χ1v) is 10.2. The van der Waals surface area contributed by atoms with Gasteiger partial charge in [-0.2, -0.15) is 0 Å². The fraction of sp³-hybridized carbons (Fsp3) is 0.571. The Morgan fingerprint density at radius 2 is 1.40 bits per heavy atom. The minimum atomic E-state index is -3.40. The monoisotopic (exact) mass is 318 g/mol. The van der Waals surface area contributed by atoms with Gasteiger partial charge in [0, 0.05) is 6.26 Å². The van der Waals surface area contributed by atoms with E-state index < -0.39 is 19.7 Å². The largest absolute Gasteiger partial charge is 0.229 e. The lowest BCUT2D eigenvalue weighted by atomic mass is 9.87. The van der Waals surface area contributed by atoms with Crippen molar-refractivity contribution in [3.63, 3.8) is 0 Å². The van der Waals surface area contributed by atoms with Gasteiger partial charge in [0.25, 0.3) is 0 Å². The van der Waals surface area contributed by atoms with Crippen LogP contribution in [0.2, 0.25) is 0 Å². The summed E-state index contributed by atoms with van der Waals surface area (Å²) in [5.41, 5.74) is 1.84. The van der Waals surface area contributed by atoms with Crippen LogP contribution in [0.5, 0.6) is 0 Å². The van der Waals surface area contributed by atoms with Crippen molar-refractivity contribution < 1.29 is 16.8 Å². The Morgan fingerprint density at radius 3 is 1.80 bits per heavy atom. The first-order valence-electron chi connectivity index (χ1n) is 6.37. The molecule has 20 heavy (non-hydrogen) atoms. The van der Waals surface area contributed by atoms with E-state index in [2.05, 4.69) is 20.8 Å². The summed E-state index contributed by atoms with van der Waals surface area (Å²) in [7, 11) is -6.65. The van der Waals surface area contributed by atoms with Crippen LogP contribution in [0.15, 0.2) is 24.3 Å². The van der Waals surface area contributed by atoms with Crippen LogP contribution in [0.3, 0.4) is 0 Å². The van der Waals surface area contributed by atoms with Crippen molar-refractivity contribution in [1.82, 2.24) is 0 Å². The number of sulfone groups is 2. The van der Waals surface area contributed by atoms with Crippen LogP contribution in [-0.2, 0) is 30.8 Å². The third kappa shape index (κ3) is 6.05. The van der Waals surface area contributed by atoms with Gasteiger partial charge in [0.15, 0.2) is 9.84 Å². The van der Waals surface area contributed by atoms with Gasteiger partial charge in [-0.15, -0.1) is 0 Å². The lowest BCUT2D eigenvalue weighted by Crippen LogP contribution is -2.18. The molecule has 0 aliphatic heterocycles. The van der Waals surface area contributed by atoms with Crippen molar-refractivity contribution in [1.29, 1.82) is 0 Å². The molecule has 0 radical (unpaired) electrons. The van der Waals surface area contributed by atoms with Crippen molar-refractivity contribution in [2.75, 3.05) is 17.8 Å². The van der Waals surface area contributed by atoms with Gasteiger partial charge in [0.1, 0.15) is 9.84 Å². The molecule has 1 aromatic rings. The van der Waals surface area contributed by atoms with Crippen LogP contribution in [0.1, 0.15) is 31.9 Å². The summed E-state index contributed by atoms with van der Waals surface area (Å²) in [6, 6.07) is 7.42. The summed E-state index contributed by atoms with van der Waals surface area (Å²) in [4.78, 5) is 0. The summed E-state index contributed by atoms with van der Waals surface area (Å²) >= 11 is 0. The maximum Gasteiger partial charge on any atom is 0.155 e. The number of benzene rings is 1. The summed E-state index contributed by atoms with van der Waals surface area (Å²) < 4.78 is 45.8. The molecule has 0 unspecified atom stereocenters. The molecule has 0 aliphatic carbocycles. The molecule has 0 bridgehead atoms. The highest BCUT2D eigenvalue weighted by atomic mass is 32.2. The third-order valence-electron chi connectivity index (χ3n) is 2.97. The minimum Gasteiger partial charge on any atom is -0.229 e. The molecule has 0 atom stereocenters. The van der Waals surface area contributed by atoms with Crippen molar-refractivity contribution in [2.24, 2.45) is 0 Å². The van der Waals surface area contributed by atoms with Crippen LogP contribution in [0.4, 0.5) is 0 Å². The van der Waals surface area contributed by atoms with Gasteiger partial charge in [0.2, 0.25) is 0 Å². The predicted molar refractivity (Wildman–Crippen MR) is 82.3 cm³/mol. The van der Waals surface area contributed by atoms with Crippen molar-refractivity contribution in [2.45, 2.75) is 31.9 Å². The van der Waals surface area contributed by atoms with Gasteiger partial charge < -0.3 is 0 Å². The molecule has 114 valence electrons. The molecule has 0 aromatic heterocycles. The summed E-state index contributed by atoms with van der Waals surface area (Å²) in [6.07, 6.45) is 1.04. The molecule has 1 rings (SSSR count). The Hall–Kier alpha value is -0.880. The van der Waals surface area contributed by atoms with Gasteiger partial charge in [-0.1, -0.05) is 45.0 Å². The fourth-order valence-corrected chi connectivity index (χ4v) is 4.78. The van der Waals surface area contributed by atoms with Gasteiger partial charge in [-0.25, -0.2) is 16.8 Å². The van der Waals surface area contributed by atoms with E-state index in [1.807, 2.05) is 12.1 Å². The summed E-state index contributed by atoms with van der Waals surface area (Å²) in [5, 5.41) is 0. The molecule has 0 spiro atoms. The van der Waals surface area contributed by atoms with Crippen molar-refractivity contribution in [3.05, 3.63) is 35.4 Å². The zero-order chi connectivity index (χ0) is 15.6. The maximum absolute atomic E-state index is 11.9. The van der Waals surface area contributed by atoms with Crippen LogP contribution >= 0.6 is 0 Å². The zero-order valence-electron chi connectivity index (χ0n) is 12.4. The molecule has 0 N–H and O–H groups in total. The second-order valence-electron chi connectivity index (χ2n) is 6.17. The molecule has 6 heteroatoms. The standard InChI is InChI=1S/C14H22O4S2/c1-14(2,3)13-7-5-12(6-8-13)11-20(17,18)10-9-19(4,15)16/h5-8H,9-11H2,1-4H3. The fourth-order valence-electron chi connectivity index (χ4n) is 1.71. The van der Waals surface area contributed by atoms with Gasteiger partial charge in [-0.05, 0) is 16.5 Å². The second-order valence-corrected chi connectivity index (χ2v) is 10.6. The quantitative estimate of drug-likeness (QED) is 0.832. The second kappa shape index (κ2) is 5.85. The van der Waals surface area contributed by atoms with Crippen LogP contribution < -0.4 is 0 Å². The SMILES string of the molecule is CC(C)(C)c1ccc(CS(=O)(=O)CCS(C)(=O)=O)cc1. The third-order valence-corrected chi connectivity index (χ3v) is 5.78. The molecule has 0 heterocycles. The Kier molecular flexibility index (Phi) is 5.03. The molecule has 4 nitrogen and oxygen atoms in total. The molecule has 1 aromatic carbocycles. The van der Waals surface area contributed by atoms with Crippen LogP contribution in [0.25, 0.3) is 0 Å². The number of hydrogen-bond acceptors (Lipinski definition) is 4. The van der Waals surface area contributed by atoms with E-state index in [9.17, 15) is 16.8 Å². The highest BCUT2D eigenvalue weighted by Crippen LogP contribution is 2.22. The number of rotatable bonds is 5. The topological polar surface area (TPSA) is 68.3 Å². The lowest BCUT2D eigenvalue weighted by molar-refractivity contribution is 0.588. The highest BCUT2D eigenvalue weighted by Gasteiger charge is 2.17. The Balaban J connectivity index is 2.78. The van der Waals surface area contributed by atoms with Crippen molar-refractivity contribution in [3.8, 4) is 0 Å². The van der Waals surface area contributed by atoms with Gasteiger partial charge >= 0.3 is 0 Å². The smallest absolute Gasteiger partial charge is 0.155 e. The van der Waals surface area contributed by atoms with E-state index in [-0.39, 0.29) is 22.7 Å². The highest BCUT2D eigenvalue weighted by molar-refractivity contribution is 7.94. The molecule has 0 aliphatic rings. The molecule has 0 fully saturated rings. The molecule has 0 saturated heterocycles. The molecular weight excluding hydrogens is 296 g/mol. The summed E-state index contributed by atoms with van der Waals surface area (Å²) in [6.45, 7) is 6.26. The van der Waals surface area contributed by atoms with Crippen molar-refractivity contribution >= 4 is 19.7 Å². The lowest BCUT2D eigenvalue weighted by Gasteiger charge is -2.19. The first kappa shape index (κ1) is 17.2. The van der Waals surface area contributed by atoms with E-state index in [4.69, 9.17) is 0 Å². The predicted octanol–water partition coefficient (Wildman–Crippen LogP) is 1.94. The maximum atomic E-state index is 11.9. The van der Waals surface area contributed by atoms with E-state index in [0.29, 0.717) is 5.56 Å². The molecular formula is C14H22O4S2. The molecule has 0 saturated carbocycles. The van der Waals surface area contributed by atoms with Gasteiger partial charge in [-0.3, -0.25) is 0 Å². The Labute approximate surface area is 122 Å². The molecule has 0 amide bonds. The first-order chi connectivity index (χ1) is 8.89. The van der Waals surface area contributed by atoms with E-state index >= 15 is 0 Å².